The van der Waals surface area contributed by atoms with Gasteiger partial charge in [-0.2, -0.15) is 0 Å². The molecule has 1 saturated heterocycles. The summed E-state index contributed by atoms with van der Waals surface area (Å²) in [5.41, 5.74) is 7.29. The molecule has 0 unspecified atom stereocenters. The van der Waals surface area contributed by atoms with Crippen LogP contribution in [-0.4, -0.2) is 36.3 Å². The third kappa shape index (κ3) is 5.79. The van der Waals surface area contributed by atoms with Crippen molar-refractivity contribution in [3.05, 3.63) is 57.8 Å². The molecule has 3 rings (SSSR count). The first-order valence-electron chi connectivity index (χ1n) is 9.05. The number of hydrogen-bond donors (Lipinski definition) is 2. The second-order valence-electron chi connectivity index (χ2n) is 6.59. The molecular weight excluding hydrogens is 382 g/mol. The summed E-state index contributed by atoms with van der Waals surface area (Å²) < 4.78 is 0. The molecule has 0 spiro atoms. The van der Waals surface area contributed by atoms with Crippen LogP contribution in [0.4, 0.5) is 0 Å². The molecule has 2 amide bonds. The Balaban J connectivity index is 0.00000261. The number of amides is 2. The molecule has 2 aromatic rings. The van der Waals surface area contributed by atoms with E-state index >= 15 is 0 Å². The van der Waals surface area contributed by atoms with E-state index in [1.54, 1.807) is 11.3 Å². The summed E-state index contributed by atoms with van der Waals surface area (Å²) in [6.45, 7) is 2.40. The molecule has 1 fully saturated rings. The first-order valence-corrected chi connectivity index (χ1v) is 9.93. The number of carbonyl (C=O) groups is 2. The van der Waals surface area contributed by atoms with Crippen LogP contribution >= 0.6 is 23.7 Å². The summed E-state index contributed by atoms with van der Waals surface area (Å²) >= 11 is 1.71. The van der Waals surface area contributed by atoms with E-state index in [-0.39, 0.29) is 30.1 Å². The van der Waals surface area contributed by atoms with Crippen molar-refractivity contribution in [1.29, 1.82) is 0 Å². The summed E-state index contributed by atoms with van der Waals surface area (Å²) in [6.07, 6.45) is 2.31. The number of rotatable bonds is 6. The maximum Gasteiger partial charge on any atom is 0.253 e. The molecule has 0 saturated carbocycles. The van der Waals surface area contributed by atoms with E-state index in [2.05, 4.69) is 11.4 Å². The summed E-state index contributed by atoms with van der Waals surface area (Å²) in [5, 5.41) is 5.08. The Morgan fingerprint density at radius 3 is 2.44 bits per heavy atom. The number of nitrogens with two attached hydrogens (primary N) is 1. The number of piperidine rings is 1. The minimum Gasteiger partial charge on any atom is -0.355 e. The predicted octanol–water partition coefficient (Wildman–Crippen LogP) is 2.84. The van der Waals surface area contributed by atoms with Crippen LogP contribution in [0.2, 0.25) is 0 Å². The summed E-state index contributed by atoms with van der Waals surface area (Å²) in [5.74, 6) is 0.146. The average Bonchev–Trinajstić information content (AvgIpc) is 3.21. The number of thiophene rings is 1. The quantitative estimate of drug-likeness (QED) is 0.773. The summed E-state index contributed by atoms with van der Waals surface area (Å²) in [4.78, 5) is 28.0. The van der Waals surface area contributed by atoms with Crippen molar-refractivity contribution in [3.63, 3.8) is 0 Å². The number of nitrogens with one attached hydrogen (secondary N) is 1. The van der Waals surface area contributed by atoms with E-state index in [4.69, 9.17) is 5.73 Å². The summed E-state index contributed by atoms with van der Waals surface area (Å²) in [7, 11) is 0. The van der Waals surface area contributed by atoms with Gasteiger partial charge in [-0.3, -0.25) is 9.59 Å². The lowest BCUT2D eigenvalue weighted by Crippen LogP contribution is -2.43. The van der Waals surface area contributed by atoms with E-state index in [0.717, 1.165) is 24.8 Å². The topological polar surface area (TPSA) is 75.4 Å². The smallest absolute Gasteiger partial charge is 0.253 e. The third-order valence-corrected chi connectivity index (χ3v) is 5.78. The minimum absolute atomic E-state index is 0. The van der Waals surface area contributed by atoms with E-state index < -0.39 is 0 Å². The van der Waals surface area contributed by atoms with E-state index in [1.165, 1.54) is 4.88 Å². The first kappa shape index (κ1) is 21.4. The van der Waals surface area contributed by atoms with Crippen molar-refractivity contribution in [3.8, 4) is 0 Å². The highest BCUT2D eigenvalue weighted by Crippen LogP contribution is 2.19. The third-order valence-electron chi connectivity index (χ3n) is 4.84. The number of benzene rings is 1. The minimum atomic E-state index is 0. The van der Waals surface area contributed by atoms with Gasteiger partial charge in [-0.15, -0.1) is 23.7 Å². The van der Waals surface area contributed by atoms with Gasteiger partial charge in [0, 0.05) is 42.5 Å². The maximum atomic E-state index is 12.6. The van der Waals surface area contributed by atoms with Crippen LogP contribution in [-0.2, 0) is 17.8 Å². The lowest BCUT2D eigenvalue weighted by atomic mass is 9.95. The standard InChI is InChI=1S/C20H25N3O2S.ClH/c21-14-15-3-5-17(6-4-15)20(25)23-11-8-16(9-12-23)19(24)22-10-7-18-2-1-13-26-18;/h1-6,13,16H,7-12,14,21H2,(H,22,24);1H. The van der Waals surface area contributed by atoms with Gasteiger partial charge in [-0.1, -0.05) is 18.2 Å². The molecule has 0 bridgehead atoms. The first-order chi connectivity index (χ1) is 12.7. The molecule has 2 heterocycles. The van der Waals surface area contributed by atoms with Crippen LogP contribution in [0.5, 0.6) is 0 Å². The fraction of sp³-hybridized carbons (Fsp3) is 0.400. The normalized spacial score (nSPS) is 14.5. The van der Waals surface area contributed by atoms with Gasteiger partial charge in [0.25, 0.3) is 5.91 Å². The van der Waals surface area contributed by atoms with Crippen molar-refractivity contribution in [2.45, 2.75) is 25.8 Å². The second kappa shape index (κ2) is 10.4. The lowest BCUT2D eigenvalue weighted by molar-refractivity contribution is -0.126. The monoisotopic (exact) mass is 407 g/mol. The van der Waals surface area contributed by atoms with Gasteiger partial charge in [0.1, 0.15) is 0 Å². The molecule has 27 heavy (non-hydrogen) atoms. The lowest BCUT2D eigenvalue weighted by Gasteiger charge is -2.31. The van der Waals surface area contributed by atoms with Gasteiger partial charge >= 0.3 is 0 Å². The van der Waals surface area contributed by atoms with Crippen molar-refractivity contribution < 1.29 is 9.59 Å². The highest BCUT2D eigenvalue weighted by Gasteiger charge is 2.27. The van der Waals surface area contributed by atoms with Crippen molar-refractivity contribution in [2.24, 2.45) is 11.7 Å². The molecule has 0 aliphatic carbocycles. The Morgan fingerprint density at radius 2 is 1.85 bits per heavy atom. The Labute approximate surface area is 170 Å². The molecule has 146 valence electrons. The van der Waals surface area contributed by atoms with Gasteiger partial charge in [0.2, 0.25) is 5.91 Å². The van der Waals surface area contributed by atoms with Crippen LogP contribution in [0.3, 0.4) is 0 Å². The molecule has 0 radical (unpaired) electrons. The van der Waals surface area contributed by atoms with Crippen molar-refractivity contribution >= 4 is 35.6 Å². The fourth-order valence-electron chi connectivity index (χ4n) is 3.22. The van der Waals surface area contributed by atoms with Crippen LogP contribution in [0, 0.1) is 5.92 Å². The van der Waals surface area contributed by atoms with Gasteiger partial charge < -0.3 is 16.0 Å². The molecule has 1 aromatic carbocycles. The number of hydrogen-bond acceptors (Lipinski definition) is 4. The molecule has 1 aliphatic rings. The molecule has 3 N–H and O–H groups in total. The van der Waals surface area contributed by atoms with Gasteiger partial charge in [-0.05, 0) is 48.4 Å². The van der Waals surface area contributed by atoms with E-state index in [1.807, 2.05) is 40.6 Å². The summed E-state index contributed by atoms with van der Waals surface area (Å²) in [6, 6.07) is 11.5. The zero-order valence-electron chi connectivity index (χ0n) is 15.2. The zero-order chi connectivity index (χ0) is 18.4. The molecule has 5 nitrogen and oxygen atoms in total. The molecule has 0 atom stereocenters. The average molecular weight is 408 g/mol. The second-order valence-corrected chi connectivity index (χ2v) is 7.62. The number of carbonyl (C=O) groups excluding carboxylic acids is 2. The predicted molar refractivity (Wildman–Crippen MR) is 111 cm³/mol. The number of halogens is 1. The SMILES string of the molecule is Cl.NCc1ccc(C(=O)N2CCC(C(=O)NCCc3cccs3)CC2)cc1. The van der Waals surface area contributed by atoms with E-state index in [9.17, 15) is 9.59 Å². The van der Waals surface area contributed by atoms with E-state index in [0.29, 0.717) is 31.7 Å². The van der Waals surface area contributed by atoms with Gasteiger partial charge in [0.15, 0.2) is 0 Å². The van der Waals surface area contributed by atoms with Gasteiger partial charge in [0.05, 0.1) is 0 Å². The fourth-order valence-corrected chi connectivity index (χ4v) is 3.93. The Kier molecular flexibility index (Phi) is 8.28. The highest BCUT2D eigenvalue weighted by atomic mass is 35.5. The Morgan fingerprint density at radius 1 is 1.15 bits per heavy atom. The van der Waals surface area contributed by atoms with Crippen LogP contribution in [0.1, 0.15) is 33.6 Å². The van der Waals surface area contributed by atoms with Crippen molar-refractivity contribution in [1.82, 2.24) is 10.2 Å². The Hall–Kier alpha value is -1.89. The zero-order valence-corrected chi connectivity index (χ0v) is 16.9. The number of likely N-dealkylation sites (tertiary alicyclic amines) is 1. The highest BCUT2D eigenvalue weighted by molar-refractivity contribution is 7.09. The maximum absolute atomic E-state index is 12.6. The molecule has 7 heteroatoms. The van der Waals surface area contributed by atoms with Crippen LogP contribution < -0.4 is 11.1 Å². The van der Waals surface area contributed by atoms with Gasteiger partial charge in [-0.25, -0.2) is 0 Å². The number of nitrogens with zero attached hydrogens (tertiary/aromatic N) is 1. The molecule has 1 aromatic heterocycles. The molecular formula is C20H26ClN3O2S. The van der Waals surface area contributed by atoms with Crippen molar-refractivity contribution in [2.75, 3.05) is 19.6 Å². The largest absolute Gasteiger partial charge is 0.355 e. The Bertz CT molecular complexity index is 726. The molecule has 1 aliphatic heterocycles. The van der Waals surface area contributed by atoms with Crippen LogP contribution in [0.25, 0.3) is 0 Å². The van der Waals surface area contributed by atoms with Crippen LogP contribution in [0.15, 0.2) is 41.8 Å².